The monoisotopic (exact) mass is 271 g/mol. The Bertz CT molecular complexity index is 651. The lowest BCUT2D eigenvalue weighted by Gasteiger charge is -1.96. The average molecular weight is 271 g/mol. The third kappa shape index (κ3) is 3.14. The van der Waals surface area contributed by atoms with Crippen molar-refractivity contribution in [2.24, 2.45) is 0 Å². The van der Waals surface area contributed by atoms with Crippen LogP contribution in [0.1, 0.15) is 5.69 Å². The summed E-state index contributed by atoms with van der Waals surface area (Å²) >= 11 is 0. The number of hydrogen-bond donors (Lipinski definition) is 0. The normalized spacial score (nSPS) is 11.7. The van der Waals surface area contributed by atoms with Crippen LogP contribution in [0.5, 0.6) is 0 Å². The Morgan fingerprint density at radius 1 is 1.39 bits per heavy atom. The highest BCUT2D eigenvalue weighted by Crippen LogP contribution is 2.23. The van der Waals surface area contributed by atoms with Gasteiger partial charge in [-0.1, -0.05) is 17.3 Å². The molecule has 0 amide bonds. The van der Waals surface area contributed by atoms with Crippen LogP contribution in [0, 0.1) is 5.82 Å². The van der Waals surface area contributed by atoms with Crippen LogP contribution in [-0.4, -0.2) is 19.8 Å². The Hall–Kier alpha value is -1.73. The minimum absolute atomic E-state index is 0.222. The van der Waals surface area contributed by atoms with Gasteiger partial charge in [0.25, 0.3) is 10.1 Å². The molecular formula is C11H10FNO4S. The summed E-state index contributed by atoms with van der Waals surface area (Å²) in [6.45, 7) is -0.239. The van der Waals surface area contributed by atoms with E-state index in [1.165, 1.54) is 18.2 Å². The van der Waals surface area contributed by atoms with E-state index < -0.39 is 15.9 Å². The van der Waals surface area contributed by atoms with Crippen LogP contribution < -0.4 is 0 Å². The first-order chi connectivity index (χ1) is 8.46. The van der Waals surface area contributed by atoms with E-state index >= 15 is 0 Å². The van der Waals surface area contributed by atoms with Crippen LogP contribution in [0.2, 0.25) is 0 Å². The second-order valence-corrected chi connectivity index (χ2v) is 5.27. The smallest absolute Gasteiger partial charge is 0.264 e. The number of aromatic nitrogens is 1. The molecule has 0 spiro atoms. The maximum Gasteiger partial charge on any atom is 0.264 e. The Kier molecular flexibility index (Phi) is 3.44. The van der Waals surface area contributed by atoms with Crippen molar-refractivity contribution in [3.8, 4) is 11.3 Å². The molecule has 0 fully saturated rings. The molecule has 1 aromatic heterocycles. The highest BCUT2D eigenvalue weighted by molar-refractivity contribution is 7.85. The van der Waals surface area contributed by atoms with Gasteiger partial charge in [0.15, 0.2) is 5.76 Å². The van der Waals surface area contributed by atoms with Gasteiger partial charge in [0, 0.05) is 6.07 Å². The maximum atomic E-state index is 13.4. The van der Waals surface area contributed by atoms with Crippen molar-refractivity contribution in [3.63, 3.8) is 0 Å². The van der Waals surface area contributed by atoms with Gasteiger partial charge >= 0.3 is 0 Å². The van der Waals surface area contributed by atoms with Crippen molar-refractivity contribution >= 4 is 10.1 Å². The fraction of sp³-hybridized carbons (Fsp3) is 0.182. The van der Waals surface area contributed by atoms with Gasteiger partial charge < -0.3 is 4.52 Å². The summed E-state index contributed by atoms with van der Waals surface area (Å²) in [5.41, 5.74) is 0.536. The Morgan fingerprint density at radius 2 is 2.11 bits per heavy atom. The van der Waals surface area contributed by atoms with Crippen LogP contribution in [0.4, 0.5) is 4.39 Å². The molecule has 2 rings (SSSR count). The molecule has 0 atom stereocenters. The molecule has 7 heteroatoms. The van der Waals surface area contributed by atoms with Gasteiger partial charge in [0.2, 0.25) is 0 Å². The van der Waals surface area contributed by atoms with E-state index in [0.717, 1.165) is 6.26 Å². The van der Waals surface area contributed by atoms with Gasteiger partial charge in [0.1, 0.15) is 18.1 Å². The van der Waals surface area contributed by atoms with Gasteiger partial charge in [-0.3, -0.25) is 4.18 Å². The summed E-state index contributed by atoms with van der Waals surface area (Å²) in [4.78, 5) is 0. The quantitative estimate of drug-likeness (QED) is 0.795. The number of benzene rings is 1. The molecule has 18 heavy (non-hydrogen) atoms. The standard InChI is InChI=1S/C11H10FNO4S/c1-18(14,15)16-7-8-6-11(17-13-8)9-4-2-3-5-10(9)12/h2-6H,7H2,1H3. The first-order valence-electron chi connectivity index (χ1n) is 5.00. The number of nitrogens with zero attached hydrogens (tertiary/aromatic N) is 1. The molecule has 2 aromatic rings. The third-order valence-electron chi connectivity index (χ3n) is 2.12. The van der Waals surface area contributed by atoms with Crippen LogP contribution in [0.15, 0.2) is 34.9 Å². The van der Waals surface area contributed by atoms with Crippen LogP contribution in [-0.2, 0) is 20.9 Å². The van der Waals surface area contributed by atoms with E-state index in [9.17, 15) is 12.8 Å². The highest BCUT2D eigenvalue weighted by Gasteiger charge is 2.12. The van der Waals surface area contributed by atoms with Crippen molar-refractivity contribution in [1.82, 2.24) is 5.16 Å². The Labute approximate surface area is 103 Å². The molecule has 0 aliphatic carbocycles. The average Bonchev–Trinajstić information content (AvgIpc) is 2.75. The van der Waals surface area contributed by atoms with Gasteiger partial charge in [-0.05, 0) is 12.1 Å². The second-order valence-electron chi connectivity index (χ2n) is 3.63. The number of rotatable bonds is 4. The van der Waals surface area contributed by atoms with Crippen molar-refractivity contribution in [2.45, 2.75) is 6.61 Å². The van der Waals surface area contributed by atoms with E-state index in [1.807, 2.05) is 0 Å². The first kappa shape index (κ1) is 12.7. The van der Waals surface area contributed by atoms with Crippen LogP contribution in [0.25, 0.3) is 11.3 Å². The second kappa shape index (κ2) is 4.87. The summed E-state index contributed by atoms with van der Waals surface area (Å²) in [5, 5.41) is 3.61. The zero-order valence-electron chi connectivity index (χ0n) is 9.46. The number of halogens is 1. The maximum absolute atomic E-state index is 13.4. The van der Waals surface area contributed by atoms with E-state index in [2.05, 4.69) is 9.34 Å². The molecule has 96 valence electrons. The molecule has 0 unspecified atom stereocenters. The Morgan fingerprint density at radius 3 is 2.78 bits per heavy atom. The van der Waals surface area contributed by atoms with Crippen LogP contribution in [0.3, 0.4) is 0 Å². The van der Waals surface area contributed by atoms with E-state index in [0.29, 0.717) is 0 Å². The molecule has 1 aromatic carbocycles. The van der Waals surface area contributed by atoms with Crippen LogP contribution >= 0.6 is 0 Å². The zero-order valence-corrected chi connectivity index (χ0v) is 10.3. The summed E-state index contributed by atoms with van der Waals surface area (Å²) in [6, 6.07) is 7.49. The van der Waals surface area contributed by atoms with Crippen molar-refractivity contribution in [2.75, 3.05) is 6.26 Å². The molecule has 0 N–H and O–H groups in total. The predicted octanol–water partition coefficient (Wildman–Crippen LogP) is 1.96. The fourth-order valence-corrected chi connectivity index (χ4v) is 1.67. The molecule has 0 aliphatic heterocycles. The molecule has 0 radical (unpaired) electrons. The lowest BCUT2D eigenvalue weighted by atomic mass is 10.1. The number of hydrogen-bond acceptors (Lipinski definition) is 5. The predicted molar refractivity (Wildman–Crippen MR) is 61.5 cm³/mol. The first-order valence-corrected chi connectivity index (χ1v) is 6.82. The van der Waals surface area contributed by atoms with Crippen molar-refractivity contribution < 1.29 is 21.5 Å². The van der Waals surface area contributed by atoms with E-state index in [-0.39, 0.29) is 23.6 Å². The van der Waals surface area contributed by atoms with Gasteiger partial charge in [-0.15, -0.1) is 0 Å². The third-order valence-corrected chi connectivity index (χ3v) is 2.67. The lowest BCUT2D eigenvalue weighted by Crippen LogP contribution is -2.02. The highest BCUT2D eigenvalue weighted by atomic mass is 32.2. The largest absolute Gasteiger partial charge is 0.356 e. The van der Waals surface area contributed by atoms with Crippen molar-refractivity contribution in [3.05, 3.63) is 41.8 Å². The molecule has 5 nitrogen and oxygen atoms in total. The lowest BCUT2D eigenvalue weighted by molar-refractivity contribution is 0.296. The summed E-state index contributed by atoms with van der Waals surface area (Å²) in [6.07, 6.45) is 0.935. The van der Waals surface area contributed by atoms with Gasteiger partial charge in [0.05, 0.1) is 11.8 Å². The van der Waals surface area contributed by atoms with Crippen molar-refractivity contribution in [1.29, 1.82) is 0 Å². The minimum Gasteiger partial charge on any atom is -0.356 e. The summed E-state index contributed by atoms with van der Waals surface area (Å²) < 4.78 is 44.5. The molecular weight excluding hydrogens is 261 g/mol. The van der Waals surface area contributed by atoms with E-state index in [1.54, 1.807) is 12.1 Å². The molecule has 0 saturated carbocycles. The van der Waals surface area contributed by atoms with Gasteiger partial charge in [-0.25, -0.2) is 4.39 Å². The minimum atomic E-state index is -3.54. The SMILES string of the molecule is CS(=O)(=O)OCc1cc(-c2ccccc2F)on1. The fourth-order valence-electron chi connectivity index (χ4n) is 1.34. The molecule has 1 heterocycles. The molecule has 0 aliphatic rings. The molecule has 0 bridgehead atoms. The topological polar surface area (TPSA) is 69.4 Å². The van der Waals surface area contributed by atoms with Gasteiger partial charge in [-0.2, -0.15) is 8.42 Å². The zero-order chi connectivity index (χ0) is 13.2. The summed E-state index contributed by atoms with van der Waals surface area (Å²) in [5.74, 6) is -0.218. The van der Waals surface area contributed by atoms with E-state index in [4.69, 9.17) is 4.52 Å². The summed E-state index contributed by atoms with van der Waals surface area (Å²) in [7, 11) is -3.54. The molecule has 0 saturated heterocycles. The Balaban J connectivity index is 2.19.